The summed E-state index contributed by atoms with van der Waals surface area (Å²) in [5.41, 5.74) is 7.78. The summed E-state index contributed by atoms with van der Waals surface area (Å²) in [7, 11) is 0. The first-order chi connectivity index (χ1) is 8.19. The topological polar surface area (TPSA) is 51.8 Å². The van der Waals surface area contributed by atoms with Crippen LogP contribution < -0.4 is 5.73 Å². The summed E-state index contributed by atoms with van der Waals surface area (Å²) in [5, 5.41) is 0. The minimum Gasteiger partial charge on any atom is -0.384 e. The lowest BCUT2D eigenvalue weighted by molar-refractivity contribution is 0.877. The number of aromatic nitrogens is 2. The van der Waals surface area contributed by atoms with E-state index in [0.717, 1.165) is 28.6 Å². The number of aryl methyl sites for hydroxylation is 1. The third-order valence-corrected chi connectivity index (χ3v) is 2.94. The highest BCUT2D eigenvalue weighted by Crippen LogP contribution is 2.20. The number of nitrogens with two attached hydrogens (primary N) is 1. The molecule has 2 N–H and O–H groups in total. The van der Waals surface area contributed by atoms with Crippen molar-refractivity contribution < 1.29 is 0 Å². The Hall–Kier alpha value is -1.42. The molecular formula is C13H14BrN3. The number of hydrogen-bond donors (Lipinski definition) is 1. The Morgan fingerprint density at radius 3 is 2.53 bits per heavy atom. The van der Waals surface area contributed by atoms with Crippen LogP contribution in [0.1, 0.15) is 19.0 Å². The molecule has 0 unspecified atom stereocenters. The fraction of sp³-hybridized carbons (Fsp3) is 0.231. The molecule has 2 rings (SSSR count). The lowest BCUT2D eigenvalue weighted by Crippen LogP contribution is -2.00. The number of halogens is 1. The maximum atomic E-state index is 5.80. The van der Waals surface area contributed by atoms with E-state index in [1.54, 1.807) is 0 Å². The fourth-order valence-electron chi connectivity index (χ4n) is 1.63. The summed E-state index contributed by atoms with van der Waals surface area (Å²) in [6.07, 6.45) is 1.98. The smallest absolute Gasteiger partial charge is 0.161 e. The second-order valence-corrected chi connectivity index (χ2v) is 4.78. The molecule has 0 aliphatic carbocycles. The fourth-order valence-corrected chi connectivity index (χ4v) is 1.90. The predicted molar refractivity (Wildman–Crippen MR) is 73.6 cm³/mol. The lowest BCUT2D eigenvalue weighted by Gasteiger charge is -2.05. The van der Waals surface area contributed by atoms with Crippen molar-refractivity contribution in [3.63, 3.8) is 0 Å². The second kappa shape index (κ2) is 5.27. The predicted octanol–water partition coefficient (Wildman–Crippen LogP) is 3.44. The third-order valence-electron chi connectivity index (χ3n) is 2.41. The summed E-state index contributed by atoms with van der Waals surface area (Å²) in [4.78, 5) is 8.78. The summed E-state index contributed by atoms with van der Waals surface area (Å²) in [5.74, 6) is 1.22. The number of anilines is 1. The monoisotopic (exact) mass is 291 g/mol. The zero-order chi connectivity index (χ0) is 12.3. The summed E-state index contributed by atoms with van der Waals surface area (Å²) in [6.45, 7) is 2.12. The molecule has 0 atom stereocenters. The molecule has 0 saturated heterocycles. The largest absolute Gasteiger partial charge is 0.384 e. The molecule has 0 aliphatic heterocycles. The van der Waals surface area contributed by atoms with Gasteiger partial charge in [0.25, 0.3) is 0 Å². The lowest BCUT2D eigenvalue weighted by atomic mass is 10.2. The van der Waals surface area contributed by atoms with Crippen molar-refractivity contribution in [1.82, 2.24) is 9.97 Å². The van der Waals surface area contributed by atoms with Gasteiger partial charge >= 0.3 is 0 Å². The van der Waals surface area contributed by atoms with Crippen LogP contribution in [0, 0.1) is 0 Å². The van der Waals surface area contributed by atoms with Gasteiger partial charge in [0.2, 0.25) is 0 Å². The van der Waals surface area contributed by atoms with Crippen molar-refractivity contribution in [2.45, 2.75) is 19.8 Å². The Labute approximate surface area is 109 Å². The van der Waals surface area contributed by atoms with Gasteiger partial charge < -0.3 is 5.73 Å². The van der Waals surface area contributed by atoms with E-state index in [0.29, 0.717) is 11.6 Å². The first-order valence-corrected chi connectivity index (χ1v) is 6.37. The number of nitrogens with zero attached hydrogens (tertiary/aromatic N) is 2. The molecule has 0 radical (unpaired) electrons. The molecule has 3 nitrogen and oxygen atoms in total. The van der Waals surface area contributed by atoms with Crippen LogP contribution >= 0.6 is 15.9 Å². The van der Waals surface area contributed by atoms with Gasteiger partial charge in [-0.05, 0) is 18.6 Å². The van der Waals surface area contributed by atoms with Crippen LogP contribution in [0.4, 0.5) is 5.82 Å². The second-order valence-electron chi connectivity index (χ2n) is 3.86. The molecule has 0 fully saturated rings. The molecule has 1 aromatic carbocycles. The SMILES string of the molecule is CCCc1cc(N)nc(-c2ccc(Br)cc2)n1. The Bertz CT molecular complexity index is 509. The van der Waals surface area contributed by atoms with Gasteiger partial charge in [-0.25, -0.2) is 9.97 Å². The molecule has 0 amide bonds. The normalized spacial score (nSPS) is 10.5. The first kappa shape index (κ1) is 12.0. The molecule has 0 spiro atoms. The maximum Gasteiger partial charge on any atom is 0.161 e. The van der Waals surface area contributed by atoms with Gasteiger partial charge in [-0.15, -0.1) is 0 Å². The van der Waals surface area contributed by atoms with Crippen molar-refractivity contribution in [3.8, 4) is 11.4 Å². The van der Waals surface area contributed by atoms with Gasteiger partial charge in [0, 0.05) is 21.8 Å². The molecule has 0 bridgehead atoms. The van der Waals surface area contributed by atoms with Gasteiger partial charge in [-0.2, -0.15) is 0 Å². The zero-order valence-electron chi connectivity index (χ0n) is 9.65. The summed E-state index contributed by atoms with van der Waals surface area (Å²) >= 11 is 3.41. The molecule has 4 heteroatoms. The van der Waals surface area contributed by atoms with E-state index in [1.165, 1.54) is 0 Å². The van der Waals surface area contributed by atoms with Crippen molar-refractivity contribution >= 4 is 21.7 Å². The van der Waals surface area contributed by atoms with Crippen LogP contribution in [0.5, 0.6) is 0 Å². The van der Waals surface area contributed by atoms with E-state index < -0.39 is 0 Å². The van der Waals surface area contributed by atoms with Crippen LogP contribution in [0.2, 0.25) is 0 Å². The van der Waals surface area contributed by atoms with E-state index >= 15 is 0 Å². The highest BCUT2D eigenvalue weighted by molar-refractivity contribution is 9.10. The van der Waals surface area contributed by atoms with Gasteiger partial charge in [0.1, 0.15) is 5.82 Å². The zero-order valence-corrected chi connectivity index (χ0v) is 11.2. The van der Waals surface area contributed by atoms with E-state index in [2.05, 4.69) is 32.8 Å². The molecule has 88 valence electrons. The van der Waals surface area contributed by atoms with Crippen molar-refractivity contribution in [3.05, 3.63) is 40.5 Å². The quantitative estimate of drug-likeness (QED) is 0.942. The Morgan fingerprint density at radius 1 is 1.18 bits per heavy atom. The van der Waals surface area contributed by atoms with Crippen LogP contribution in [0.3, 0.4) is 0 Å². The van der Waals surface area contributed by atoms with Crippen molar-refractivity contribution in [2.24, 2.45) is 0 Å². The number of rotatable bonds is 3. The number of hydrogen-bond acceptors (Lipinski definition) is 3. The first-order valence-electron chi connectivity index (χ1n) is 5.58. The van der Waals surface area contributed by atoms with Gasteiger partial charge in [0.15, 0.2) is 5.82 Å². The van der Waals surface area contributed by atoms with Crippen LogP contribution in [0.15, 0.2) is 34.8 Å². The van der Waals surface area contributed by atoms with E-state index in [1.807, 2.05) is 30.3 Å². The molecule has 1 aromatic heterocycles. The number of nitrogen functional groups attached to an aromatic ring is 1. The van der Waals surface area contributed by atoms with E-state index in [9.17, 15) is 0 Å². The minimum atomic E-state index is 0.529. The maximum absolute atomic E-state index is 5.80. The standard InChI is InChI=1S/C13H14BrN3/c1-2-3-11-8-12(15)17-13(16-11)9-4-6-10(14)7-5-9/h4-8H,2-3H2,1H3,(H2,15,16,17). The third kappa shape index (κ3) is 3.03. The highest BCUT2D eigenvalue weighted by Gasteiger charge is 2.04. The highest BCUT2D eigenvalue weighted by atomic mass is 79.9. The van der Waals surface area contributed by atoms with Gasteiger partial charge in [-0.3, -0.25) is 0 Å². The number of benzene rings is 1. The molecule has 2 aromatic rings. The molecule has 1 heterocycles. The average Bonchev–Trinajstić information content (AvgIpc) is 2.29. The van der Waals surface area contributed by atoms with Gasteiger partial charge in [-0.1, -0.05) is 41.4 Å². The molecular weight excluding hydrogens is 278 g/mol. The molecule has 0 aliphatic rings. The molecule has 17 heavy (non-hydrogen) atoms. The van der Waals surface area contributed by atoms with E-state index in [-0.39, 0.29) is 0 Å². The van der Waals surface area contributed by atoms with Crippen molar-refractivity contribution in [1.29, 1.82) is 0 Å². The van der Waals surface area contributed by atoms with E-state index in [4.69, 9.17) is 5.73 Å². The van der Waals surface area contributed by atoms with Crippen LogP contribution in [-0.4, -0.2) is 9.97 Å². The average molecular weight is 292 g/mol. The Balaban J connectivity index is 2.40. The van der Waals surface area contributed by atoms with Crippen LogP contribution in [-0.2, 0) is 6.42 Å². The van der Waals surface area contributed by atoms with Crippen molar-refractivity contribution in [2.75, 3.05) is 5.73 Å². The van der Waals surface area contributed by atoms with Crippen LogP contribution in [0.25, 0.3) is 11.4 Å². The Kier molecular flexibility index (Phi) is 3.74. The molecule has 0 saturated carbocycles. The Morgan fingerprint density at radius 2 is 1.88 bits per heavy atom. The summed E-state index contributed by atoms with van der Waals surface area (Å²) in [6, 6.07) is 9.75. The summed E-state index contributed by atoms with van der Waals surface area (Å²) < 4.78 is 1.04. The minimum absolute atomic E-state index is 0.529. The van der Waals surface area contributed by atoms with Gasteiger partial charge in [0.05, 0.1) is 0 Å².